The molecule has 0 saturated carbocycles. The van der Waals surface area contributed by atoms with Crippen LogP contribution in [0.5, 0.6) is 5.75 Å². The second-order valence-electron chi connectivity index (χ2n) is 4.15. The van der Waals surface area contributed by atoms with Gasteiger partial charge in [-0.25, -0.2) is 8.78 Å². The first-order chi connectivity index (χ1) is 9.11. The lowest BCUT2D eigenvalue weighted by atomic mass is 10.0. The van der Waals surface area contributed by atoms with Gasteiger partial charge in [0, 0.05) is 16.5 Å². The Morgan fingerprint density at radius 1 is 1.16 bits per heavy atom. The summed E-state index contributed by atoms with van der Waals surface area (Å²) < 4.78 is 31.8. The number of para-hydroxylation sites is 1. The monoisotopic (exact) mass is 326 g/mol. The minimum atomic E-state index is -0.571. The van der Waals surface area contributed by atoms with Crippen LogP contribution in [0.4, 0.5) is 8.78 Å². The zero-order chi connectivity index (χ0) is 13.8. The Balaban J connectivity index is 2.23. The molecule has 0 heterocycles. The predicted octanol–water partition coefficient (Wildman–Crippen LogP) is 4.65. The van der Waals surface area contributed by atoms with Crippen LogP contribution in [-0.2, 0) is 6.42 Å². The van der Waals surface area contributed by atoms with Crippen LogP contribution in [0.25, 0.3) is 0 Å². The normalized spacial score (nSPS) is 12.2. The van der Waals surface area contributed by atoms with Crippen molar-refractivity contribution in [1.82, 2.24) is 0 Å². The number of halogens is 3. The molecule has 2 aromatic carbocycles. The van der Waals surface area contributed by atoms with E-state index in [1.165, 1.54) is 12.1 Å². The van der Waals surface area contributed by atoms with E-state index in [0.717, 1.165) is 17.4 Å². The van der Waals surface area contributed by atoms with E-state index in [9.17, 15) is 8.78 Å². The number of alkyl halides is 1. The Labute approximate surface area is 119 Å². The molecule has 2 aromatic rings. The topological polar surface area (TPSA) is 9.23 Å². The Morgan fingerprint density at radius 3 is 2.58 bits per heavy atom. The van der Waals surface area contributed by atoms with Crippen molar-refractivity contribution in [2.75, 3.05) is 7.11 Å². The van der Waals surface area contributed by atoms with Crippen LogP contribution in [0.1, 0.15) is 16.0 Å². The molecule has 0 radical (unpaired) electrons. The van der Waals surface area contributed by atoms with Gasteiger partial charge in [0.1, 0.15) is 17.4 Å². The van der Waals surface area contributed by atoms with Crippen molar-refractivity contribution in [2.45, 2.75) is 11.2 Å². The summed E-state index contributed by atoms with van der Waals surface area (Å²) in [6, 6.07) is 11.2. The van der Waals surface area contributed by atoms with E-state index in [1.54, 1.807) is 7.11 Å². The van der Waals surface area contributed by atoms with Crippen molar-refractivity contribution >= 4 is 15.9 Å². The number of hydrogen-bond acceptors (Lipinski definition) is 1. The van der Waals surface area contributed by atoms with Crippen LogP contribution in [0.3, 0.4) is 0 Å². The number of methoxy groups -OCH3 is 1. The number of hydrogen-bond donors (Lipinski definition) is 0. The molecule has 0 aliphatic carbocycles. The maximum absolute atomic E-state index is 13.7. The molecule has 0 aromatic heterocycles. The zero-order valence-corrected chi connectivity index (χ0v) is 12.0. The molecule has 2 rings (SSSR count). The Bertz CT molecular complexity index is 572. The van der Waals surface area contributed by atoms with Crippen LogP contribution in [0.15, 0.2) is 42.5 Å². The second-order valence-corrected chi connectivity index (χ2v) is 5.25. The van der Waals surface area contributed by atoms with Crippen LogP contribution in [-0.4, -0.2) is 7.11 Å². The van der Waals surface area contributed by atoms with Gasteiger partial charge >= 0.3 is 0 Å². The number of ether oxygens (including phenoxy) is 1. The van der Waals surface area contributed by atoms with Gasteiger partial charge in [0.2, 0.25) is 0 Å². The number of rotatable bonds is 4. The van der Waals surface area contributed by atoms with Crippen LogP contribution >= 0.6 is 15.9 Å². The summed E-state index contributed by atoms with van der Waals surface area (Å²) in [7, 11) is 1.60. The van der Waals surface area contributed by atoms with Gasteiger partial charge in [-0.2, -0.15) is 0 Å². The van der Waals surface area contributed by atoms with E-state index in [0.29, 0.717) is 12.0 Å². The molecule has 4 heteroatoms. The fraction of sp³-hybridized carbons (Fsp3) is 0.200. The van der Waals surface area contributed by atoms with Crippen LogP contribution in [0.2, 0.25) is 0 Å². The standard InChI is InChI=1S/C15H13BrF2O/c1-19-15-5-3-2-4-10(15)8-13(16)12-7-6-11(17)9-14(12)18/h2-7,9,13H,8H2,1H3. The molecule has 0 fully saturated rings. The van der Waals surface area contributed by atoms with E-state index in [2.05, 4.69) is 15.9 Å². The largest absolute Gasteiger partial charge is 0.496 e. The second kappa shape index (κ2) is 6.15. The molecule has 100 valence electrons. The minimum Gasteiger partial charge on any atom is -0.496 e. The highest BCUT2D eigenvalue weighted by Crippen LogP contribution is 2.32. The lowest BCUT2D eigenvalue weighted by molar-refractivity contribution is 0.409. The fourth-order valence-corrected chi connectivity index (χ4v) is 2.65. The molecule has 0 spiro atoms. The highest BCUT2D eigenvalue weighted by molar-refractivity contribution is 9.09. The summed E-state index contributed by atoms with van der Waals surface area (Å²) in [4.78, 5) is -0.232. The van der Waals surface area contributed by atoms with Gasteiger partial charge in [-0.05, 0) is 24.1 Å². The summed E-state index contributed by atoms with van der Waals surface area (Å²) in [5.41, 5.74) is 1.41. The SMILES string of the molecule is COc1ccccc1CC(Br)c1ccc(F)cc1F. The maximum Gasteiger partial charge on any atom is 0.130 e. The van der Waals surface area contributed by atoms with Crippen molar-refractivity contribution in [3.05, 3.63) is 65.2 Å². The first-order valence-corrected chi connectivity index (χ1v) is 6.74. The third-order valence-electron chi connectivity index (χ3n) is 2.89. The first kappa shape index (κ1) is 14.0. The Kier molecular flexibility index (Phi) is 4.53. The maximum atomic E-state index is 13.7. The predicted molar refractivity (Wildman–Crippen MR) is 74.7 cm³/mol. The van der Waals surface area contributed by atoms with E-state index in [-0.39, 0.29) is 4.83 Å². The van der Waals surface area contributed by atoms with E-state index in [4.69, 9.17) is 4.74 Å². The molecular weight excluding hydrogens is 314 g/mol. The molecule has 0 N–H and O–H groups in total. The van der Waals surface area contributed by atoms with E-state index in [1.807, 2.05) is 24.3 Å². The third-order valence-corrected chi connectivity index (χ3v) is 3.71. The lowest BCUT2D eigenvalue weighted by Crippen LogP contribution is -2.01. The third kappa shape index (κ3) is 3.32. The Morgan fingerprint density at radius 2 is 1.89 bits per heavy atom. The van der Waals surface area contributed by atoms with Gasteiger partial charge in [-0.15, -0.1) is 0 Å². The zero-order valence-electron chi connectivity index (χ0n) is 10.4. The van der Waals surface area contributed by atoms with Gasteiger partial charge in [-0.1, -0.05) is 40.2 Å². The lowest BCUT2D eigenvalue weighted by Gasteiger charge is -2.14. The number of benzene rings is 2. The van der Waals surface area contributed by atoms with E-state index < -0.39 is 11.6 Å². The summed E-state index contributed by atoms with van der Waals surface area (Å²) in [6.45, 7) is 0. The van der Waals surface area contributed by atoms with Crippen molar-refractivity contribution in [2.24, 2.45) is 0 Å². The van der Waals surface area contributed by atoms with E-state index >= 15 is 0 Å². The van der Waals surface area contributed by atoms with Crippen molar-refractivity contribution < 1.29 is 13.5 Å². The minimum absolute atomic E-state index is 0.232. The fourth-order valence-electron chi connectivity index (χ4n) is 1.93. The summed E-state index contributed by atoms with van der Waals surface area (Å²) >= 11 is 3.44. The van der Waals surface area contributed by atoms with Crippen molar-refractivity contribution in [1.29, 1.82) is 0 Å². The summed E-state index contributed by atoms with van der Waals surface area (Å²) in [5.74, 6) is -0.357. The van der Waals surface area contributed by atoms with Crippen molar-refractivity contribution in [3.63, 3.8) is 0 Å². The molecule has 0 bridgehead atoms. The molecule has 19 heavy (non-hydrogen) atoms. The van der Waals surface area contributed by atoms with Gasteiger partial charge in [0.25, 0.3) is 0 Å². The van der Waals surface area contributed by atoms with Gasteiger partial charge < -0.3 is 4.74 Å². The van der Waals surface area contributed by atoms with Crippen molar-refractivity contribution in [3.8, 4) is 5.75 Å². The Hall–Kier alpha value is -1.42. The highest BCUT2D eigenvalue weighted by atomic mass is 79.9. The van der Waals surface area contributed by atoms with Crippen LogP contribution < -0.4 is 4.74 Å². The molecule has 0 aliphatic heterocycles. The van der Waals surface area contributed by atoms with Gasteiger partial charge in [0.05, 0.1) is 7.11 Å². The molecular formula is C15H13BrF2O. The first-order valence-electron chi connectivity index (χ1n) is 5.82. The quantitative estimate of drug-likeness (QED) is 0.743. The van der Waals surface area contributed by atoms with Gasteiger partial charge in [-0.3, -0.25) is 0 Å². The molecule has 0 aliphatic rings. The smallest absolute Gasteiger partial charge is 0.130 e. The van der Waals surface area contributed by atoms with Gasteiger partial charge in [0.15, 0.2) is 0 Å². The summed E-state index contributed by atoms with van der Waals surface area (Å²) in [5, 5.41) is 0. The molecule has 0 saturated heterocycles. The highest BCUT2D eigenvalue weighted by Gasteiger charge is 2.15. The molecule has 1 nitrogen and oxygen atoms in total. The average molecular weight is 327 g/mol. The molecule has 0 amide bonds. The molecule has 1 unspecified atom stereocenters. The van der Waals surface area contributed by atoms with Crippen LogP contribution in [0, 0.1) is 11.6 Å². The average Bonchev–Trinajstić information content (AvgIpc) is 2.39. The molecule has 1 atom stereocenters. The summed E-state index contributed by atoms with van der Waals surface area (Å²) in [6.07, 6.45) is 0.562.